The topological polar surface area (TPSA) is 42.2 Å². The maximum Gasteiger partial charge on any atom is 0.393 e. The number of nitrogens with zero attached hydrogens (tertiary/aromatic N) is 3. The second-order valence-electron chi connectivity index (χ2n) is 8.91. The summed E-state index contributed by atoms with van der Waals surface area (Å²) >= 11 is 0. The van der Waals surface area contributed by atoms with Crippen molar-refractivity contribution in [1.29, 1.82) is 0 Å². The van der Waals surface area contributed by atoms with Gasteiger partial charge in [-0.2, -0.15) is 13.2 Å². The van der Waals surface area contributed by atoms with E-state index >= 15 is 0 Å². The van der Waals surface area contributed by atoms with Gasteiger partial charge in [0, 0.05) is 17.8 Å². The molecule has 4 nitrogen and oxygen atoms in total. The van der Waals surface area contributed by atoms with Gasteiger partial charge in [-0.15, -0.1) is 10.2 Å². The summed E-state index contributed by atoms with van der Waals surface area (Å²) in [6.45, 7) is 1.80. The van der Waals surface area contributed by atoms with Crippen molar-refractivity contribution in [3.63, 3.8) is 0 Å². The first kappa shape index (κ1) is 19.4. The number of benzene rings is 1. The van der Waals surface area contributed by atoms with Gasteiger partial charge < -0.3 is 5.32 Å². The summed E-state index contributed by atoms with van der Waals surface area (Å²) in [5.74, 6) is 0.663. The van der Waals surface area contributed by atoms with E-state index in [4.69, 9.17) is 0 Å². The maximum atomic E-state index is 13.2. The smallest absolute Gasteiger partial charge is 0.351 e. The molecule has 2 saturated carbocycles. The van der Waals surface area contributed by atoms with Crippen molar-refractivity contribution in [2.75, 3.05) is 5.32 Å². The Morgan fingerprint density at radius 3 is 2.70 bits per heavy atom. The van der Waals surface area contributed by atoms with Gasteiger partial charge in [-0.1, -0.05) is 43.0 Å². The molecule has 3 aromatic rings. The lowest BCUT2D eigenvalue weighted by atomic mass is 9.86. The van der Waals surface area contributed by atoms with Crippen LogP contribution in [0, 0.1) is 12.3 Å². The Kier molecular flexibility index (Phi) is 4.52. The highest BCUT2D eigenvalue weighted by Crippen LogP contribution is 2.57. The fraction of sp³-hybridized carbons (Fsp3) is 0.478. The molecule has 2 fully saturated rings. The third kappa shape index (κ3) is 3.55. The van der Waals surface area contributed by atoms with Crippen LogP contribution in [0.5, 0.6) is 0 Å². The Hall–Kier alpha value is -2.57. The minimum Gasteiger partial charge on any atom is -0.351 e. The van der Waals surface area contributed by atoms with E-state index in [9.17, 15) is 13.2 Å². The quantitative estimate of drug-likeness (QED) is 0.574. The molecule has 1 spiro atoms. The van der Waals surface area contributed by atoms with Crippen LogP contribution >= 0.6 is 0 Å². The summed E-state index contributed by atoms with van der Waals surface area (Å²) in [4.78, 5) is 0. The summed E-state index contributed by atoms with van der Waals surface area (Å²) in [7, 11) is 0. The van der Waals surface area contributed by atoms with Gasteiger partial charge in [0.25, 0.3) is 0 Å². The van der Waals surface area contributed by atoms with Gasteiger partial charge in [-0.25, -0.2) is 0 Å². The third-order valence-corrected chi connectivity index (χ3v) is 6.71. The standard InChI is InChI=1S/C23H25F3N4/c1-15-7-8-17(16(12-15)13-23(24,25)26)20-18-6-5-11-30(18)21(29-28-20)27-19-14-22(19)9-3-2-4-10-22/h5-8,11-12,19H,2-4,9-10,13-14H2,1H3,(H,27,29)/t19-/m0/s1. The Bertz CT molecular complexity index is 1080. The Balaban J connectivity index is 1.50. The van der Waals surface area contributed by atoms with Gasteiger partial charge in [-0.3, -0.25) is 4.40 Å². The highest BCUT2D eigenvalue weighted by molar-refractivity contribution is 5.80. The van der Waals surface area contributed by atoms with Crippen molar-refractivity contribution in [1.82, 2.24) is 14.6 Å². The van der Waals surface area contributed by atoms with E-state index in [2.05, 4.69) is 15.5 Å². The first-order chi connectivity index (χ1) is 14.3. The average molecular weight is 414 g/mol. The molecule has 2 heterocycles. The molecular weight excluding hydrogens is 389 g/mol. The zero-order valence-corrected chi connectivity index (χ0v) is 17.0. The fourth-order valence-corrected chi connectivity index (χ4v) is 5.08. The van der Waals surface area contributed by atoms with Gasteiger partial charge in [0.2, 0.25) is 5.95 Å². The second-order valence-corrected chi connectivity index (χ2v) is 8.91. The van der Waals surface area contributed by atoms with Crippen LogP contribution in [-0.4, -0.2) is 26.8 Å². The van der Waals surface area contributed by atoms with Crippen molar-refractivity contribution in [2.24, 2.45) is 5.41 Å². The predicted octanol–water partition coefficient (Wildman–Crippen LogP) is 5.94. The molecule has 0 radical (unpaired) electrons. The molecule has 1 aromatic carbocycles. The number of aromatic nitrogens is 3. The highest BCUT2D eigenvalue weighted by atomic mass is 19.4. The fourth-order valence-electron chi connectivity index (χ4n) is 5.08. The molecule has 0 unspecified atom stereocenters. The molecule has 0 saturated heterocycles. The SMILES string of the molecule is Cc1ccc(-c2nnc(N[C@H]3CC34CCCCC4)n3cccc23)c(CC(F)(F)F)c1. The first-order valence-corrected chi connectivity index (χ1v) is 10.6. The van der Waals surface area contributed by atoms with Gasteiger partial charge in [0.1, 0.15) is 5.69 Å². The third-order valence-electron chi connectivity index (χ3n) is 6.71. The molecule has 2 aliphatic carbocycles. The van der Waals surface area contributed by atoms with Crippen LogP contribution < -0.4 is 5.32 Å². The summed E-state index contributed by atoms with van der Waals surface area (Å²) in [5, 5.41) is 12.3. The minimum atomic E-state index is -4.28. The van der Waals surface area contributed by atoms with Crippen molar-refractivity contribution >= 4 is 11.5 Å². The number of hydrogen-bond donors (Lipinski definition) is 1. The molecule has 1 atom stereocenters. The number of nitrogens with one attached hydrogen (secondary N) is 1. The maximum absolute atomic E-state index is 13.2. The molecule has 7 heteroatoms. The molecule has 5 rings (SSSR count). The van der Waals surface area contributed by atoms with E-state index in [0.717, 1.165) is 17.5 Å². The lowest BCUT2D eigenvalue weighted by Crippen LogP contribution is -2.19. The number of aryl methyl sites for hydroxylation is 1. The van der Waals surface area contributed by atoms with E-state index in [1.54, 1.807) is 19.1 Å². The van der Waals surface area contributed by atoms with Crippen LogP contribution in [0.1, 0.15) is 49.7 Å². The van der Waals surface area contributed by atoms with Crippen molar-refractivity contribution in [3.05, 3.63) is 47.7 Å². The van der Waals surface area contributed by atoms with Crippen molar-refractivity contribution < 1.29 is 13.2 Å². The average Bonchev–Trinajstić information content (AvgIpc) is 3.11. The number of fused-ring (bicyclic) bond motifs is 1. The first-order valence-electron chi connectivity index (χ1n) is 10.6. The Morgan fingerprint density at radius 1 is 1.13 bits per heavy atom. The van der Waals surface area contributed by atoms with E-state index in [1.807, 2.05) is 28.8 Å². The second kappa shape index (κ2) is 7.00. The van der Waals surface area contributed by atoms with E-state index in [0.29, 0.717) is 28.7 Å². The molecule has 158 valence electrons. The zero-order valence-electron chi connectivity index (χ0n) is 17.0. The van der Waals surface area contributed by atoms with Gasteiger partial charge in [-0.05, 0) is 49.3 Å². The molecule has 2 aromatic heterocycles. The lowest BCUT2D eigenvalue weighted by molar-refractivity contribution is -0.127. The van der Waals surface area contributed by atoms with E-state index in [-0.39, 0.29) is 5.56 Å². The Morgan fingerprint density at radius 2 is 1.93 bits per heavy atom. The molecular formula is C23H25F3N4. The lowest BCUT2D eigenvalue weighted by Gasteiger charge is -2.22. The molecule has 0 aliphatic heterocycles. The summed E-state index contributed by atoms with van der Waals surface area (Å²) in [5.41, 5.74) is 3.14. The predicted molar refractivity (Wildman–Crippen MR) is 110 cm³/mol. The van der Waals surface area contributed by atoms with Crippen LogP contribution in [0.25, 0.3) is 16.8 Å². The van der Waals surface area contributed by atoms with Crippen LogP contribution in [-0.2, 0) is 6.42 Å². The molecule has 30 heavy (non-hydrogen) atoms. The van der Waals surface area contributed by atoms with Crippen LogP contribution in [0.15, 0.2) is 36.5 Å². The normalized spacial score (nSPS) is 20.6. The van der Waals surface area contributed by atoms with Crippen LogP contribution in [0.3, 0.4) is 0 Å². The number of rotatable bonds is 4. The largest absolute Gasteiger partial charge is 0.393 e. The van der Waals surface area contributed by atoms with Crippen molar-refractivity contribution in [3.8, 4) is 11.3 Å². The van der Waals surface area contributed by atoms with Gasteiger partial charge >= 0.3 is 6.18 Å². The number of alkyl halides is 3. The van der Waals surface area contributed by atoms with Crippen LogP contribution in [0.4, 0.5) is 19.1 Å². The number of halogens is 3. The number of hydrogen-bond acceptors (Lipinski definition) is 3. The molecule has 0 bridgehead atoms. The molecule has 1 N–H and O–H groups in total. The Labute approximate surface area is 173 Å². The van der Waals surface area contributed by atoms with Crippen molar-refractivity contribution in [2.45, 2.75) is 64.1 Å². The number of anilines is 1. The minimum absolute atomic E-state index is 0.226. The van der Waals surface area contributed by atoms with E-state index in [1.165, 1.54) is 32.1 Å². The highest BCUT2D eigenvalue weighted by Gasteiger charge is 2.54. The summed E-state index contributed by atoms with van der Waals surface area (Å²) in [6.07, 6.45) is 4.20. The zero-order chi connectivity index (χ0) is 20.9. The molecule has 2 aliphatic rings. The summed E-state index contributed by atoms with van der Waals surface area (Å²) < 4.78 is 41.4. The summed E-state index contributed by atoms with van der Waals surface area (Å²) in [6, 6.07) is 9.30. The van der Waals surface area contributed by atoms with Crippen LogP contribution in [0.2, 0.25) is 0 Å². The van der Waals surface area contributed by atoms with Gasteiger partial charge in [0.15, 0.2) is 0 Å². The molecule has 0 amide bonds. The van der Waals surface area contributed by atoms with E-state index < -0.39 is 12.6 Å². The monoisotopic (exact) mass is 414 g/mol. The van der Waals surface area contributed by atoms with Gasteiger partial charge in [0.05, 0.1) is 11.9 Å².